The van der Waals surface area contributed by atoms with Crippen molar-refractivity contribution in [3.05, 3.63) is 39.8 Å². The van der Waals surface area contributed by atoms with E-state index in [2.05, 4.69) is 17.2 Å². The highest BCUT2D eigenvalue weighted by atomic mass is 35.5. The van der Waals surface area contributed by atoms with Crippen molar-refractivity contribution in [2.45, 2.75) is 26.3 Å². The molecule has 0 spiro atoms. The molecule has 0 aliphatic rings. The molecule has 5 nitrogen and oxygen atoms in total. The molecule has 0 aliphatic carbocycles. The SMILES string of the molecule is CCCCn1nnc(=O)n1-c1cccc(Cl)c1. The Morgan fingerprint density at radius 3 is 2.94 bits per heavy atom. The van der Waals surface area contributed by atoms with E-state index in [1.165, 1.54) is 4.68 Å². The number of halogens is 1. The monoisotopic (exact) mass is 252 g/mol. The number of unbranched alkanes of at least 4 members (excludes halogenated alkanes) is 1. The van der Waals surface area contributed by atoms with E-state index in [0.717, 1.165) is 12.8 Å². The summed E-state index contributed by atoms with van der Waals surface area (Å²) in [5.41, 5.74) is 0.298. The van der Waals surface area contributed by atoms with Crippen LogP contribution in [0.1, 0.15) is 19.8 Å². The van der Waals surface area contributed by atoms with Gasteiger partial charge >= 0.3 is 5.69 Å². The summed E-state index contributed by atoms with van der Waals surface area (Å²) in [4.78, 5) is 13.2. The molecule has 0 atom stereocenters. The van der Waals surface area contributed by atoms with Gasteiger partial charge in [0, 0.05) is 5.02 Å². The van der Waals surface area contributed by atoms with Gasteiger partial charge in [0.2, 0.25) is 0 Å². The van der Waals surface area contributed by atoms with Crippen molar-refractivity contribution in [3.8, 4) is 5.69 Å². The van der Waals surface area contributed by atoms with Crippen molar-refractivity contribution in [1.29, 1.82) is 0 Å². The van der Waals surface area contributed by atoms with Crippen molar-refractivity contribution >= 4 is 11.6 Å². The number of benzene rings is 1. The van der Waals surface area contributed by atoms with Crippen LogP contribution in [0.15, 0.2) is 29.1 Å². The van der Waals surface area contributed by atoms with Gasteiger partial charge < -0.3 is 0 Å². The second-order valence-corrected chi connectivity index (χ2v) is 4.15. The summed E-state index contributed by atoms with van der Waals surface area (Å²) < 4.78 is 1.43. The average Bonchev–Trinajstić information content (AvgIpc) is 2.68. The minimum absolute atomic E-state index is 0.386. The molecule has 17 heavy (non-hydrogen) atoms. The number of hydrogen-bond donors (Lipinski definition) is 0. The highest BCUT2D eigenvalue weighted by Gasteiger charge is 2.08. The molecule has 0 saturated heterocycles. The van der Waals surface area contributed by atoms with E-state index < -0.39 is 0 Å². The van der Waals surface area contributed by atoms with Crippen LogP contribution in [-0.2, 0) is 6.54 Å². The summed E-state index contributed by atoms with van der Waals surface area (Å²) in [5.74, 6) is 0. The third-order valence-corrected chi connectivity index (χ3v) is 2.65. The second kappa shape index (κ2) is 5.14. The first-order valence-corrected chi connectivity index (χ1v) is 5.89. The van der Waals surface area contributed by atoms with Gasteiger partial charge in [-0.25, -0.2) is 4.79 Å². The molecule has 1 aromatic heterocycles. The number of tetrazole rings is 1. The molecule has 1 aromatic carbocycles. The average molecular weight is 253 g/mol. The lowest BCUT2D eigenvalue weighted by molar-refractivity contribution is 0.452. The standard InChI is InChI=1S/C11H13ClN4O/c1-2-3-7-15-14-13-11(17)16(15)10-6-4-5-9(12)8-10/h4-6,8H,2-3,7H2,1H3. The Balaban J connectivity index is 2.43. The minimum atomic E-state index is -0.386. The third kappa shape index (κ3) is 2.55. The van der Waals surface area contributed by atoms with E-state index in [9.17, 15) is 4.79 Å². The van der Waals surface area contributed by atoms with Crippen molar-refractivity contribution in [3.63, 3.8) is 0 Å². The van der Waals surface area contributed by atoms with Crippen LogP contribution in [0.4, 0.5) is 0 Å². The summed E-state index contributed by atoms with van der Waals surface area (Å²) in [6, 6.07) is 7.07. The van der Waals surface area contributed by atoms with E-state index in [1.54, 1.807) is 29.1 Å². The molecule has 6 heteroatoms. The predicted octanol–water partition coefficient (Wildman–Crippen LogP) is 1.88. The Morgan fingerprint density at radius 1 is 1.41 bits per heavy atom. The summed E-state index contributed by atoms with van der Waals surface area (Å²) in [5, 5.41) is 7.97. The fourth-order valence-electron chi connectivity index (χ4n) is 1.57. The number of hydrogen-bond acceptors (Lipinski definition) is 3. The van der Waals surface area contributed by atoms with Crippen molar-refractivity contribution in [1.82, 2.24) is 19.8 Å². The van der Waals surface area contributed by atoms with Gasteiger partial charge in [0.1, 0.15) is 0 Å². The molecule has 2 aromatic rings. The van der Waals surface area contributed by atoms with Gasteiger partial charge in [0.05, 0.1) is 12.2 Å². The van der Waals surface area contributed by atoms with E-state index in [1.807, 2.05) is 0 Å². The fraction of sp³-hybridized carbons (Fsp3) is 0.364. The Bertz CT molecular complexity index is 561. The molecular weight excluding hydrogens is 240 g/mol. The quantitative estimate of drug-likeness (QED) is 0.835. The number of nitrogens with zero attached hydrogens (tertiary/aromatic N) is 4. The molecule has 0 fully saturated rings. The number of rotatable bonds is 4. The first kappa shape index (κ1) is 11.9. The topological polar surface area (TPSA) is 52.7 Å². The van der Waals surface area contributed by atoms with Gasteiger partial charge in [0.15, 0.2) is 0 Å². The number of aromatic nitrogens is 4. The minimum Gasteiger partial charge on any atom is -0.242 e. The number of aryl methyl sites for hydroxylation is 1. The Hall–Kier alpha value is -1.62. The van der Waals surface area contributed by atoms with Crippen LogP contribution in [-0.4, -0.2) is 19.8 Å². The van der Waals surface area contributed by atoms with Gasteiger partial charge in [-0.3, -0.25) is 0 Å². The molecule has 0 amide bonds. The molecule has 1 heterocycles. The molecule has 0 radical (unpaired) electrons. The highest BCUT2D eigenvalue weighted by Crippen LogP contribution is 2.12. The van der Waals surface area contributed by atoms with Gasteiger partial charge in [0.25, 0.3) is 0 Å². The normalized spacial score (nSPS) is 10.7. The van der Waals surface area contributed by atoms with Crippen LogP contribution in [0.5, 0.6) is 0 Å². The summed E-state index contributed by atoms with van der Waals surface area (Å²) in [6.07, 6.45) is 1.98. The smallest absolute Gasteiger partial charge is 0.242 e. The Labute approximate surface area is 104 Å². The lowest BCUT2D eigenvalue weighted by atomic mass is 10.3. The van der Waals surface area contributed by atoms with Crippen LogP contribution >= 0.6 is 11.6 Å². The van der Waals surface area contributed by atoms with Crippen molar-refractivity contribution in [2.24, 2.45) is 0 Å². The summed E-state index contributed by atoms with van der Waals surface area (Å²) in [7, 11) is 0. The lowest BCUT2D eigenvalue weighted by Gasteiger charge is -2.07. The first-order valence-electron chi connectivity index (χ1n) is 5.51. The zero-order chi connectivity index (χ0) is 12.3. The maximum absolute atomic E-state index is 11.6. The van der Waals surface area contributed by atoms with Gasteiger partial charge in [-0.1, -0.05) is 36.1 Å². The van der Waals surface area contributed by atoms with Gasteiger partial charge in [-0.2, -0.15) is 9.48 Å². The molecule has 90 valence electrons. The van der Waals surface area contributed by atoms with Crippen LogP contribution in [0.25, 0.3) is 5.69 Å². The maximum Gasteiger partial charge on any atom is 0.388 e. The Kier molecular flexibility index (Phi) is 3.58. The van der Waals surface area contributed by atoms with Crippen LogP contribution < -0.4 is 5.69 Å². The zero-order valence-electron chi connectivity index (χ0n) is 9.51. The first-order chi connectivity index (χ1) is 8.22. The van der Waals surface area contributed by atoms with Gasteiger partial charge in [-0.15, -0.1) is 0 Å². The molecule has 2 rings (SSSR count). The van der Waals surface area contributed by atoms with E-state index >= 15 is 0 Å². The van der Waals surface area contributed by atoms with Crippen LogP contribution in [0.3, 0.4) is 0 Å². The maximum atomic E-state index is 11.6. The zero-order valence-corrected chi connectivity index (χ0v) is 10.3. The van der Waals surface area contributed by atoms with E-state index in [-0.39, 0.29) is 5.69 Å². The van der Waals surface area contributed by atoms with Crippen LogP contribution in [0, 0.1) is 0 Å². The summed E-state index contributed by atoms with van der Waals surface area (Å²) in [6.45, 7) is 2.75. The third-order valence-electron chi connectivity index (χ3n) is 2.41. The van der Waals surface area contributed by atoms with Crippen molar-refractivity contribution < 1.29 is 0 Å². The van der Waals surface area contributed by atoms with Crippen molar-refractivity contribution in [2.75, 3.05) is 0 Å². The lowest BCUT2D eigenvalue weighted by Crippen LogP contribution is -2.22. The molecule has 0 aliphatic heterocycles. The fourth-order valence-corrected chi connectivity index (χ4v) is 1.75. The van der Waals surface area contributed by atoms with E-state index in [0.29, 0.717) is 17.3 Å². The van der Waals surface area contributed by atoms with Crippen LogP contribution in [0.2, 0.25) is 5.02 Å². The second-order valence-electron chi connectivity index (χ2n) is 3.71. The molecule has 0 unspecified atom stereocenters. The highest BCUT2D eigenvalue weighted by molar-refractivity contribution is 6.30. The van der Waals surface area contributed by atoms with E-state index in [4.69, 9.17) is 11.6 Å². The largest absolute Gasteiger partial charge is 0.388 e. The Morgan fingerprint density at radius 2 is 2.24 bits per heavy atom. The molecule has 0 bridgehead atoms. The molecule has 0 N–H and O–H groups in total. The van der Waals surface area contributed by atoms with Gasteiger partial charge in [-0.05, 0) is 29.8 Å². The molecular formula is C11H13ClN4O. The summed E-state index contributed by atoms with van der Waals surface area (Å²) >= 11 is 5.91. The predicted molar refractivity (Wildman–Crippen MR) is 65.5 cm³/mol. The molecule has 0 saturated carbocycles.